The van der Waals surface area contributed by atoms with Crippen LogP contribution in [0.25, 0.3) is 0 Å². The van der Waals surface area contributed by atoms with Crippen molar-refractivity contribution < 1.29 is 0 Å². The van der Waals surface area contributed by atoms with Crippen LogP contribution in [0.3, 0.4) is 0 Å². The summed E-state index contributed by atoms with van der Waals surface area (Å²) in [4.78, 5) is 0. The lowest BCUT2D eigenvalue weighted by atomic mass is 11.0. The minimum atomic E-state index is 1.32. The van der Waals surface area contributed by atoms with Crippen molar-refractivity contribution in [1.82, 2.24) is 0 Å². The first-order chi connectivity index (χ1) is 3.43. The Morgan fingerprint density at radius 2 is 2.00 bits per heavy atom. The second-order valence-corrected chi connectivity index (χ2v) is 4.95. The van der Waals surface area contributed by atoms with E-state index in [1.54, 1.807) is 3.53 Å². The van der Waals surface area contributed by atoms with Gasteiger partial charge in [0.25, 0.3) is 3.53 Å². The highest BCUT2D eigenvalue weighted by Gasteiger charge is 2.15. The first-order valence-corrected chi connectivity index (χ1v) is 5.29. The quantitative estimate of drug-likeness (QED) is 0.378. The van der Waals surface area contributed by atoms with Gasteiger partial charge >= 0.3 is 0 Å². The van der Waals surface area contributed by atoms with Gasteiger partial charge in [-0.25, -0.2) is 0 Å². The fourth-order valence-electron chi connectivity index (χ4n) is 0.410. The third-order valence-electron chi connectivity index (χ3n) is 0.690. The highest BCUT2D eigenvalue weighted by atomic mass is 32.2. The zero-order chi connectivity index (χ0) is 5.11. The molecule has 1 aliphatic heterocycles. The van der Waals surface area contributed by atoms with Crippen LogP contribution in [0.2, 0.25) is 0 Å². The van der Waals surface area contributed by atoms with Crippen molar-refractivity contribution in [2.45, 2.75) is 0 Å². The van der Waals surface area contributed by atoms with Crippen molar-refractivity contribution in [3.8, 4) is 0 Å². The monoisotopic (exact) mass is 151 g/mol. The van der Waals surface area contributed by atoms with Crippen LogP contribution in [0.1, 0.15) is 0 Å². The van der Waals surface area contributed by atoms with Gasteiger partial charge in [-0.3, -0.25) is 0 Å². The maximum absolute atomic E-state index is 2.14. The fraction of sp³-hybridized carbons (Fsp3) is 0.750. The van der Waals surface area contributed by atoms with E-state index in [4.69, 9.17) is 0 Å². The molecule has 0 amide bonds. The standard InChI is InChI=1S/C4H7S3/c1-5-4-6-2-3-7-4/h2-3H2,1H3/q+1. The van der Waals surface area contributed by atoms with E-state index >= 15 is 0 Å². The molecule has 7 heavy (non-hydrogen) atoms. The number of thioether (sulfide) groups is 2. The summed E-state index contributed by atoms with van der Waals surface area (Å²) in [6, 6.07) is 0. The Labute approximate surface area is 56.4 Å². The van der Waals surface area contributed by atoms with Crippen LogP contribution in [0.15, 0.2) is 0 Å². The van der Waals surface area contributed by atoms with E-state index in [1.807, 2.05) is 34.9 Å². The molecule has 0 N–H and O–H groups in total. The van der Waals surface area contributed by atoms with Crippen molar-refractivity contribution in [2.24, 2.45) is 0 Å². The third-order valence-corrected chi connectivity index (χ3v) is 4.98. The van der Waals surface area contributed by atoms with Gasteiger partial charge in [0.1, 0.15) is 0 Å². The Hall–Kier alpha value is 0.790. The molecule has 0 saturated carbocycles. The molecule has 0 unspecified atom stereocenters. The summed E-state index contributed by atoms with van der Waals surface area (Å²) in [6.07, 6.45) is 2.14. The van der Waals surface area contributed by atoms with Gasteiger partial charge in [-0.2, -0.15) is 0 Å². The molecule has 1 saturated heterocycles. The molecule has 0 nitrogen and oxygen atoms in total. The fourth-order valence-corrected chi connectivity index (χ4v) is 3.69. The Bertz CT molecular complexity index is 78.9. The summed E-state index contributed by atoms with van der Waals surface area (Å²) >= 11 is 5.84. The van der Waals surface area contributed by atoms with Crippen molar-refractivity contribution >= 4 is 38.4 Å². The van der Waals surface area contributed by atoms with Crippen LogP contribution in [0.5, 0.6) is 0 Å². The predicted octanol–water partition coefficient (Wildman–Crippen LogP) is 1.27. The average molecular weight is 151 g/mol. The molecule has 0 aromatic carbocycles. The lowest BCUT2D eigenvalue weighted by Crippen LogP contribution is -1.74. The first-order valence-electron chi connectivity index (χ1n) is 2.10. The Balaban J connectivity index is 2.41. The van der Waals surface area contributed by atoms with E-state index in [1.165, 1.54) is 11.5 Å². The topological polar surface area (TPSA) is 0 Å². The molecule has 0 atom stereocenters. The average Bonchev–Trinajstić information content (AvgIpc) is 2.14. The van der Waals surface area contributed by atoms with Crippen LogP contribution in [-0.2, 0) is 11.4 Å². The maximum Gasteiger partial charge on any atom is 0.291 e. The second-order valence-electron chi connectivity index (χ2n) is 1.15. The van der Waals surface area contributed by atoms with Gasteiger partial charge < -0.3 is 0 Å². The molecule has 1 rings (SSSR count). The summed E-state index contributed by atoms with van der Waals surface area (Å²) in [7, 11) is 0. The van der Waals surface area contributed by atoms with Gasteiger partial charge in [-0.1, -0.05) is 23.5 Å². The second kappa shape index (κ2) is 2.95. The molecule has 3 heteroatoms. The molecule has 0 aliphatic carbocycles. The molecular weight excluding hydrogens is 144 g/mol. The Morgan fingerprint density at radius 1 is 1.43 bits per heavy atom. The van der Waals surface area contributed by atoms with E-state index in [0.29, 0.717) is 0 Å². The van der Waals surface area contributed by atoms with E-state index in [2.05, 4.69) is 6.26 Å². The zero-order valence-electron chi connectivity index (χ0n) is 4.14. The van der Waals surface area contributed by atoms with Crippen LogP contribution < -0.4 is 0 Å². The molecule has 40 valence electrons. The summed E-state index contributed by atoms with van der Waals surface area (Å²) in [6.45, 7) is 0. The molecule has 0 aromatic heterocycles. The summed E-state index contributed by atoms with van der Waals surface area (Å²) in [5, 5.41) is 0. The molecule has 1 fully saturated rings. The number of rotatable bonds is 0. The zero-order valence-corrected chi connectivity index (χ0v) is 6.59. The molecule has 0 aromatic rings. The van der Waals surface area contributed by atoms with Crippen LogP contribution in [-0.4, -0.2) is 21.3 Å². The SMILES string of the molecule is C[S+]=C1SCCS1. The normalized spacial score (nSPS) is 20.4. The van der Waals surface area contributed by atoms with Gasteiger partial charge in [-0.05, 0) is 0 Å². The van der Waals surface area contributed by atoms with Crippen molar-refractivity contribution in [1.29, 1.82) is 0 Å². The first kappa shape index (κ1) is 5.92. The van der Waals surface area contributed by atoms with Crippen LogP contribution in [0, 0.1) is 0 Å². The Kier molecular flexibility index (Phi) is 2.49. The van der Waals surface area contributed by atoms with Gasteiger partial charge in [-0.15, -0.1) is 0 Å². The smallest absolute Gasteiger partial charge is 0.0569 e. The molecule has 0 radical (unpaired) electrons. The lowest BCUT2D eigenvalue weighted by Gasteiger charge is -1.68. The molecule has 1 aliphatic rings. The predicted molar refractivity (Wildman–Crippen MR) is 43.2 cm³/mol. The number of hydrogen-bond acceptors (Lipinski definition) is 2. The third kappa shape index (κ3) is 1.63. The highest BCUT2D eigenvalue weighted by molar-refractivity contribution is 8.48. The largest absolute Gasteiger partial charge is 0.291 e. The van der Waals surface area contributed by atoms with E-state index < -0.39 is 0 Å². The van der Waals surface area contributed by atoms with E-state index in [9.17, 15) is 0 Å². The molecular formula is C4H7S3+. The summed E-state index contributed by atoms with van der Waals surface area (Å²) in [5.41, 5.74) is 0. The maximum atomic E-state index is 2.14. The molecule has 0 spiro atoms. The molecule has 1 heterocycles. The van der Waals surface area contributed by atoms with Crippen molar-refractivity contribution in [3.05, 3.63) is 0 Å². The summed E-state index contributed by atoms with van der Waals surface area (Å²) < 4.78 is 1.54. The minimum Gasteiger partial charge on any atom is -0.0569 e. The minimum absolute atomic E-state index is 1.32. The van der Waals surface area contributed by atoms with Gasteiger partial charge in [0.05, 0.1) is 0 Å². The molecule has 0 bridgehead atoms. The summed E-state index contributed by atoms with van der Waals surface area (Å²) in [5.74, 6) is 2.64. The van der Waals surface area contributed by atoms with Crippen molar-refractivity contribution in [3.63, 3.8) is 0 Å². The van der Waals surface area contributed by atoms with E-state index in [0.717, 1.165) is 0 Å². The van der Waals surface area contributed by atoms with Crippen LogP contribution >= 0.6 is 23.5 Å². The van der Waals surface area contributed by atoms with Gasteiger partial charge in [0.2, 0.25) is 0 Å². The Morgan fingerprint density at radius 3 is 2.29 bits per heavy atom. The highest BCUT2D eigenvalue weighted by Crippen LogP contribution is 2.24. The number of hydrogen-bond donors (Lipinski definition) is 0. The van der Waals surface area contributed by atoms with Crippen molar-refractivity contribution in [2.75, 3.05) is 17.8 Å². The van der Waals surface area contributed by atoms with Crippen LogP contribution in [0.4, 0.5) is 0 Å². The lowest BCUT2D eigenvalue weighted by molar-refractivity contribution is 1.59. The van der Waals surface area contributed by atoms with E-state index in [-0.39, 0.29) is 0 Å². The van der Waals surface area contributed by atoms with Gasteiger partial charge in [0.15, 0.2) is 17.6 Å². The van der Waals surface area contributed by atoms with Gasteiger partial charge in [0, 0.05) is 11.5 Å².